The Bertz CT molecular complexity index is 481. The van der Waals surface area contributed by atoms with E-state index in [2.05, 4.69) is 16.4 Å². The van der Waals surface area contributed by atoms with E-state index in [9.17, 15) is 0 Å². The van der Waals surface area contributed by atoms with Gasteiger partial charge >= 0.3 is 0 Å². The van der Waals surface area contributed by atoms with E-state index in [1.54, 1.807) is 6.07 Å². The molecule has 3 N–H and O–H groups in total. The van der Waals surface area contributed by atoms with E-state index in [4.69, 9.17) is 11.0 Å². The van der Waals surface area contributed by atoms with Crippen LogP contribution in [0.3, 0.4) is 0 Å². The molecule has 1 aliphatic rings. The molecule has 19 heavy (non-hydrogen) atoms. The molecule has 1 aromatic carbocycles. The number of guanidine groups is 1. The van der Waals surface area contributed by atoms with Crippen molar-refractivity contribution >= 4 is 5.96 Å². The summed E-state index contributed by atoms with van der Waals surface area (Å²) in [6.07, 6.45) is 6.24. The maximum absolute atomic E-state index is 8.83. The van der Waals surface area contributed by atoms with Gasteiger partial charge < -0.3 is 11.1 Å². The molecule has 0 heterocycles. The molecule has 1 saturated carbocycles. The number of hydrogen-bond donors (Lipinski definition) is 2. The van der Waals surface area contributed by atoms with Crippen molar-refractivity contribution < 1.29 is 0 Å². The Hall–Kier alpha value is -2.02. The predicted molar refractivity (Wildman–Crippen MR) is 76.5 cm³/mol. The molecule has 0 spiro atoms. The Labute approximate surface area is 114 Å². The van der Waals surface area contributed by atoms with Gasteiger partial charge in [-0.2, -0.15) is 5.26 Å². The Balaban J connectivity index is 1.88. The summed E-state index contributed by atoms with van der Waals surface area (Å²) in [5.74, 6) is 0.509. The van der Waals surface area contributed by atoms with Crippen LogP contribution in [0.1, 0.15) is 43.2 Å². The smallest absolute Gasteiger partial charge is 0.189 e. The largest absolute Gasteiger partial charge is 0.370 e. The minimum absolute atomic E-state index is 0.475. The van der Waals surface area contributed by atoms with Gasteiger partial charge in [0.15, 0.2) is 5.96 Å². The third-order valence-corrected chi connectivity index (χ3v) is 3.45. The van der Waals surface area contributed by atoms with Crippen molar-refractivity contribution in [2.45, 2.75) is 44.7 Å². The second kappa shape index (κ2) is 6.79. The Morgan fingerprint density at radius 3 is 2.89 bits per heavy atom. The van der Waals surface area contributed by atoms with Gasteiger partial charge in [-0.05, 0) is 30.5 Å². The van der Waals surface area contributed by atoms with Crippen LogP contribution in [-0.4, -0.2) is 12.0 Å². The van der Waals surface area contributed by atoms with Gasteiger partial charge in [-0.25, -0.2) is 4.99 Å². The second-order valence-electron chi connectivity index (χ2n) is 4.99. The number of benzene rings is 1. The van der Waals surface area contributed by atoms with Crippen molar-refractivity contribution in [2.75, 3.05) is 0 Å². The molecule has 0 saturated heterocycles. The Morgan fingerprint density at radius 2 is 2.16 bits per heavy atom. The van der Waals surface area contributed by atoms with Gasteiger partial charge in [0.25, 0.3) is 0 Å². The van der Waals surface area contributed by atoms with Crippen LogP contribution in [-0.2, 0) is 6.54 Å². The minimum Gasteiger partial charge on any atom is -0.370 e. The van der Waals surface area contributed by atoms with E-state index in [0.717, 1.165) is 5.56 Å². The number of rotatable bonds is 3. The van der Waals surface area contributed by atoms with Crippen LogP contribution in [0.2, 0.25) is 0 Å². The summed E-state index contributed by atoms with van der Waals surface area (Å²) in [5, 5.41) is 12.1. The van der Waals surface area contributed by atoms with Crippen LogP contribution in [0.25, 0.3) is 0 Å². The summed E-state index contributed by atoms with van der Waals surface area (Å²) < 4.78 is 0. The van der Waals surface area contributed by atoms with Crippen LogP contribution in [0.4, 0.5) is 0 Å². The normalized spacial score (nSPS) is 16.9. The second-order valence-corrected chi connectivity index (χ2v) is 4.99. The summed E-state index contributed by atoms with van der Waals surface area (Å²) in [6.45, 7) is 0.515. The first-order valence-corrected chi connectivity index (χ1v) is 6.83. The van der Waals surface area contributed by atoms with Gasteiger partial charge in [-0.3, -0.25) is 0 Å². The zero-order valence-corrected chi connectivity index (χ0v) is 11.1. The van der Waals surface area contributed by atoms with E-state index in [1.807, 2.05) is 18.2 Å². The summed E-state index contributed by atoms with van der Waals surface area (Å²) in [5.41, 5.74) is 7.56. The van der Waals surface area contributed by atoms with Crippen LogP contribution in [0, 0.1) is 11.3 Å². The number of hydrogen-bond acceptors (Lipinski definition) is 2. The lowest BCUT2D eigenvalue weighted by molar-refractivity contribution is 0.412. The number of aliphatic imine (C=N–C) groups is 1. The molecule has 4 nitrogen and oxygen atoms in total. The molecular weight excluding hydrogens is 236 g/mol. The van der Waals surface area contributed by atoms with Crippen molar-refractivity contribution in [2.24, 2.45) is 10.7 Å². The fourth-order valence-electron chi connectivity index (χ4n) is 2.42. The molecule has 1 fully saturated rings. The van der Waals surface area contributed by atoms with E-state index in [-0.39, 0.29) is 0 Å². The lowest BCUT2D eigenvalue weighted by Crippen LogP contribution is -2.41. The van der Waals surface area contributed by atoms with Crippen LogP contribution < -0.4 is 11.1 Å². The van der Waals surface area contributed by atoms with Crippen molar-refractivity contribution in [3.05, 3.63) is 35.4 Å². The third kappa shape index (κ3) is 4.29. The first kappa shape index (κ1) is 13.4. The highest BCUT2D eigenvalue weighted by atomic mass is 15.1. The summed E-state index contributed by atoms with van der Waals surface area (Å²) in [4.78, 5) is 4.34. The zero-order valence-electron chi connectivity index (χ0n) is 11.1. The highest BCUT2D eigenvalue weighted by Crippen LogP contribution is 2.17. The monoisotopic (exact) mass is 256 g/mol. The Morgan fingerprint density at radius 1 is 1.37 bits per heavy atom. The van der Waals surface area contributed by atoms with Crippen LogP contribution in [0.5, 0.6) is 0 Å². The van der Waals surface area contributed by atoms with Crippen molar-refractivity contribution in [3.63, 3.8) is 0 Å². The van der Waals surface area contributed by atoms with Gasteiger partial charge in [-0.1, -0.05) is 31.4 Å². The molecule has 0 bridgehead atoms. The van der Waals surface area contributed by atoms with E-state index in [1.165, 1.54) is 32.1 Å². The maximum Gasteiger partial charge on any atom is 0.189 e. The average molecular weight is 256 g/mol. The highest BCUT2D eigenvalue weighted by Gasteiger charge is 2.13. The van der Waals surface area contributed by atoms with Gasteiger partial charge in [0.2, 0.25) is 0 Å². The summed E-state index contributed by atoms with van der Waals surface area (Å²) in [7, 11) is 0. The molecule has 100 valence electrons. The van der Waals surface area contributed by atoms with Crippen LogP contribution >= 0.6 is 0 Å². The fraction of sp³-hybridized carbons (Fsp3) is 0.467. The molecule has 0 unspecified atom stereocenters. The number of nitrogens with one attached hydrogen (secondary N) is 1. The highest BCUT2D eigenvalue weighted by molar-refractivity contribution is 5.78. The van der Waals surface area contributed by atoms with Crippen molar-refractivity contribution in [3.8, 4) is 6.07 Å². The minimum atomic E-state index is 0.475. The molecule has 2 rings (SSSR count). The molecule has 0 atom stereocenters. The van der Waals surface area contributed by atoms with E-state index in [0.29, 0.717) is 24.1 Å². The molecule has 4 heteroatoms. The lowest BCUT2D eigenvalue weighted by Gasteiger charge is -2.23. The molecule has 1 aromatic rings. The standard InChI is InChI=1S/C15H20N4/c16-10-12-5-4-6-13(9-12)11-18-15(17)19-14-7-2-1-3-8-14/h4-6,9,14H,1-3,7-8,11H2,(H3,17,18,19). The average Bonchev–Trinajstić information content (AvgIpc) is 2.46. The first-order chi connectivity index (χ1) is 9.28. The molecule has 1 aliphatic carbocycles. The van der Waals surface area contributed by atoms with Crippen molar-refractivity contribution in [1.29, 1.82) is 5.26 Å². The number of nitrogens with zero attached hydrogens (tertiary/aromatic N) is 2. The summed E-state index contributed by atoms with van der Waals surface area (Å²) in [6, 6.07) is 10.1. The summed E-state index contributed by atoms with van der Waals surface area (Å²) >= 11 is 0. The van der Waals surface area contributed by atoms with Gasteiger partial charge in [0.05, 0.1) is 18.2 Å². The van der Waals surface area contributed by atoms with Crippen molar-refractivity contribution in [1.82, 2.24) is 5.32 Å². The van der Waals surface area contributed by atoms with E-state index < -0.39 is 0 Å². The van der Waals surface area contributed by atoms with Gasteiger partial charge in [0.1, 0.15) is 0 Å². The van der Waals surface area contributed by atoms with Gasteiger partial charge in [0, 0.05) is 6.04 Å². The predicted octanol–water partition coefficient (Wildman–Crippen LogP) is 2.30. The lowest BCUT2D eigenvalue weighted by atomic mass is 9.96. The number of nitrogens with two attached hydrogens (primary N) is 1. The number of nitriles is 1. The van der Waals surface area contributed by atoms with E-state index >= 15 is 0 Å². The SMILES string of the molecule is N#Cc1cccc(CN=C(N)NC2CCCCC2)c1. The van der Waals surface area contributed by atoms with Crippen LogP contribution in [0.15, 0.2) is 29.3 Å². The fourth-order valence-corrected chi connectivity index (χ4v) is 2.42. The molecule has 0 radical (unpaired) electrons. The Kier molecular flexibility index (Phi) is 4.79. The third-order valence-electron chi connectivity index (χ3n) is 3.45. The first-order valence-electron chi connectivity index (χ1n) is 6.83. The molecule has 0 aromatic heterocycles. The topological polar surface area (TPSA) is 74.2 Å². The molecule has 0 aliphatic heterocycles. The quantitative estimate of drug-likeness (QED) is 0.643. The van der Waals surface area contributed by atoms with Gasteiger partial charge in [-0.15, -0.1) is 0 Å². The maximum atomic E-state index is 8.83. The zero-order chi connectivity index (χ0) is 13.5. The molecular formula is C15H20N4. The molecule has 0 amide bonds.